The number of nitrogens with zero attached hydrogens (tertiary/aromatic N) is 1. The van der Waals surface area contributed by atoms with E-state index in [0.717, 1.165) is 5.56 Å². The molecule has 0 aliphatic rings. The predicted octanol–water partition coefficient (Wildman–Crippen LogP) is 3.45. The molecular weight excluding hydrogens is 308 g/mol. The summed E-state index contributed by atoms with van der Waals surface area (Å²) in [5.74, 6) is -0.401. The van der Waals surface area contributed by atoms with Gasteiger partial charge in [-0.2, -0.15) is 0 Å². The molecule has 2 aromatic carbocycles. The van der Waals surface area contributed by atoms with Gasteiger partial charge in [-0.3, -0.25) is 0 Å². The highest BCUT2D eigenvalue weighted by Crippen LogP contribution is 2.36. The van der Waals surface area contributed by atoms with Crippen LogP contribution < -0.4 is 4.74 Å². The van der Waals surface area contributed by atoms with Crippen LogP contribution in [0.3, 0.4) is 0 Å². The number of ether oxygens (including phenoxy) is 1. The first kappa shape index (κ1) is 15.6. The molecule has 0 aliphatic carbocycles. The van der Waals surface area contributed by atoms with Crippen molar-refractivity contribution in [2.75, 3.05) is 13.2 Å². The van der Waals surface area contributed by atoms with E-state index in [-0.39, 0.29) is 18.8 Å². The number of aliphatic hydroxyl groups is 1. The number of hydrogen-bond donors (Lipinski definition) is 3. The number of nitrogens with one attached hydrogen (secondary N) is 1. The summed E-state index contributed by atoms with van der Waals surface area (Å²) in [6, 6.07) is 10.5. The zero-order valence-electron chi connectivity index (χ0n) is 12.6. The summed E-state index contributed by atoms with van der Waals surface area (Å²) < 4.78 is 5.32. The number of rotatable bonds is 5. The lowest BCUT2D eigenvalue weighted by Gasteiger charge is -2.08. The van der Waals surface area contributed by atoms with E-state index >= 15 is 0 Å². The van der Waals surface area contributed by atoms with Crippen molar-refractivity contribution >= 4 is 22.6 Å². The molecule has 6 nitrogen and oxygen atoms in total. The van der Waals surface area contributed by atoms with Gasteiger partial charge in [-0.25, -0.2) is 9.64 Å². The summed E-state index contributed by atoms with van der Waals surface area (Å²) in [6.07, 6.45) is 1.43. The van der Waals surface area contributed by atoms with E-state index in [1.807, 2.05) is 0 Å². The quantitative estimate of drug-likeness (QED) is 0.628. The topological polar surface area (TPSA) is 86.9 Å². The molecule has 0 aliphatic heterocycles. The fraction of sp³-hybridized carbons (Fsp3) is 0.111. The predicted molar refractivity (Wildman–Crippen MR) is 89.5 cm³/mol. The molecule has 0 fully saturated rings. The second kappa shape index (κ2) is 6.44. The molecule has 0 bridgehead atoms. The molecule has 1 heterocycles. The smallest absolute Gasteiger partial charge is 0.337 e. The second-order valence-electron chi connectivity index (χ2n) is 5.13. The van der Waals surface area contributed by atoms with Crippen LogP contribution in [0.1, 0.15) is 10.4 Å². The molecule has 1 aromatic heterocycles. The number of aliphatic hydroxyl groups excluding tert-OH is 1. The van der Waals surface area contributed by atoms with Crippen LogP contribution >= 0.6 is 0 Å². The minimum Gasteiger partial charge on any atom is -0.491 e. The number of aromatic nitrogens is 1. The Hall–Kier alpha value is -3.30. The van der Waals surface area contributed by atoms with Crippen LogP contribution in [0.5, 0.6) is 5.75 Å². The van der Waals surface area contributed by atoms with Crippen LogP contribution in [0.2, 0.25) is 0 Å². The van der Waals surface area contributed by atoms with Crippen molar-refractivity contribution in [2.45, 2.75) is 0 Å². The first-order valence-electron chi connectivity index (χ1n) is 7.24. The number of aromatic carboxylic acids is 1. The molecule has 120 valence electrons. The average Bonchev–Trinajstić information content (AvgIpc) is 3.02. The van der Waals surface area contributed by atoms with Gasteiger partial charge in [0.2, 0.25) is 0 Å². The van der Waals surface area contributed by atoms with Gasteiger partial charge in [-0.05, 0) is 29.3 Å². The molecule has 3 aromatic rings. The lowest BCUT2D eigenvalue weighted by atomic mass is 10.0. The van der Waals surface area contributed by atoms with E-state index in [2.05, 4.69) is 9.83 Å². The minimum atomic E-state index is -1.02. The molecule has 0 radical (unpaired) electrons. The van der Waals surface area contributed by atoms with Gasteiger partial charge < -0.3 is 19.9 Å². The molecule has 0 spiro atoms. The van der Waals surface area contributed by atoms with Crippen LogP contribution in [0.25, 0.3) is 26.9 Å². The summed E-state index contributed by atoms with van der Waals surface area (Å²) >= 11 is 0. The van der Waals surface area contributed by atoms with E-state index < -0.39 is 5.97 Å². The van der Waals surface area contributed by atoms with Crippen molar-refractivity contribution in [1.29, 1.82) is 0 Å². The Labute approximate surface area is 137 Å². The third-order valence-electron chi connectivity index (χ3n) is 3.67. The average molecular weight is 322 g/mol. The van der Waals surface area contributed by atoms with Crippen molar-refractivity contribution in [3.63, 3.8) is 0 Å². The van der Waals surface area contributed by atoms with E-state index in [1.54, 1.807) is 36.4 Å². The first-order valence-corrected chi connectivity index (χ1v) is 7.24. The van der Waals surface area contributed by atoms with Gasteiger partial charge in [0.25, 0.3) is 0 Å². The summed E-state index contributed by atoms with van der Waals surface area (Å²) in [5.41, 5.74) is 2.67. The highest BCUT2D eigenvalue weighted by Gasteiger charge is 2.14. The fourth-order valence-corrected chi connectivity index (χ4v) is 2.55. The van der Waals surface area contributed by atoms with E-state index in [9.17, 15) is 9.90 Å². The molecule has 0 saturated heterocycles. The Kier molecular flexibility index (Phi) is 4.18. The molecule has 0 saturated carbocycles. The Balaban J connectivity index is 2.08. The van der Waals surface area contributed by atoms with Gasteiger partial charge in [0, 0.05) is 17.1 Å². The Bertz CT molecular complexity index is 936. The Morgan fingerprint density at radius 2 is 2.00 bits per heavy atom. The van der Waals surface area contributed by atoms with Crippen LogP contribution in [-0.4, -0.2) is 34.4 Å². The van der Waals surface area contributed by atoms with Crippen LogP contribution in [0, 0.1) is 6.57 Å². The zero-order chi connectivity index (χ0) is 17.1. The maximum absolute atomic E-state index is 11.3. The molecular formula is C18H14N2O4. The summed E-state index contributed by atoms with van der Waals surface area (Å²) in [5, 5.41) is 18.6. The zero-order valence-corrected chi connectivity index (χ0v) is 12.6. The van der Waals surface area contributed by atoms with Crippen molar-refractivity contribution in [1.82, 2.24) is 4.98 Å². The van der Waals surface area contributed by atoms with Gasteiger partial charge >= 0.3 is 5.97 Å². The van der Waals surface area contributed by atoms with E-state index in [4.69, 9.17) is 16.4 Å². The summed E-state index contributed by atoms with van der Waals surface area (Å²) in [4.78, 5) is 17.7. The number of benzene rings is 2. The van der Waals surface area contributed by atoms with Gasteiger partial charge in [-0.15, -0.1) is 0 Å². The van der Waals surface area contributed by atoms with E-state index in [1.165, 1.54) is 6.20 Å². The molecule has 0 unspecified atom stereocenters. The van der Waals surface area contributed by atoms with Crippen molar-refractivity contribution < 1.29 is 19.7 Å². The van der Waals surface area contributed by atoms with Crippen LogP contribution in [-0.2, 0) is 0 Å². The van der Waals surface area contributed by atoms with Crippen molar-refractivity contribution in [3.8, 4) is 16.9 Å². The molecule has 0 atom stereocenters. The normalized spacial score (nSPS) is 10.5. The summed E-state index contributed by atoms with van der Waals surface area (Å²) in [6.45, 7) is 7.52. The third-order valence-corrected chi connectivity index (χ3v) is 3.67. The van der Waals surface area contributed by atoms with Crippen molar-refractivity contribution in [3.05, 3.63) is 59.6 Å². The molecule has 3 N–H and O–H groups in total. The third kappa shape index (κ3) is 2.81. The number of carbonyl (C=O) groups is 1. The molecule has 3 rings (SSSR count). The Morgan fingerprint density at radius 1 is 1.25 bits per heavy atom. The number of H-pyrrole nitrogens is 1. The van der Waals surface area contributed by atoms with Gasteiger partial charge in [0.15, 0.2) is 5.69 Å². The minimum absolute atomic E-state index is 0.0637. The second-order valence-corrected chi connectivity index (χ2v) is 5.13. The summed E-state index contributed by atoms with van der Waals surface area (Å²) in [7, 11) is 0. The SMILES string of the molecule is [C-]#[N+]c1cc2[nH]cc(C(=O)O)c2cc1-c1ccc(OCCO)cc1. The fourth-order valence-electron chi connectivity index (χ4n) is 2.55. The molecule has 6 heteroatoms. The van der Waals surface area contributed by atoms with Gasteiger partial charge in [-0.1, -0.05) is 18.2 Å². The number of aromatic amines is 1. The lowest BCUT2D eigenvalue weighted by molar-refractivity contribution is 0.0699. The largest absolute Gasteiger partial charge is 0.491 e. The number of carboxylic acids is 1. The van der Waals surface area contributed by atoms with Gasteiger partial charge in [0.1, 0.15) is 12.4 Å². The highest BCUT2D eigenvalue weighted by atomic mass is 16.5. The Morgan fingerprint density at radius 3 is 2.62 bits per heavy atom. The number of fused-ring (bicyclic) bond motifs is 1. The highest BCUT2D eigenvalue weighted by molar-refractivity contribution is 6.06. The van der Waals surface area contributed by atoms with Crippen LogP contribution in [0.15, 0.2) is 42.6 Å². The monoisotopic (exact) mass is 322 g/mol. The molecule has 24 heavy (non-hydrogen) atoms. The maximum Gasteiger partial charge on any atom is 0.337 e. The van der Waals surface area contributed by atoms with Crippen LogP contribution in [0.4, 0.5) is 5.69 Å². The first-order chi connectivity index (χ1) is 11.6. The lowest BCUT2D eigenvalue weighted by Crippen LogP contribution is -2.01. The molecule has 0 amide bonds. The number of hydrogen-bond acceptors (Lipinski definition) is 3. The standard InChI is InChI=1S/C18H14N2O4/c1-19-16-9-17-14(15(10-20-17)18(22)23)8-13(16)11-2-4-12(5-3-11)24-7-6-21/h2-5,8-10,20-21H,6-7H2,(H,22,23). The van der Waals surface area contributed by atoms with Gasteiger partial charge in [0.05, 0.1) is 18.7 Å². The number of carboxylic acid groups (broad SMARTS) is 1. The van der Waals surface area contributed by atoms with E-state index in [0.29, 0.717) is 27.9 Å². The van der Waals surface area contributed by atoms with Crippen molar-refractivity contribution in [2.24, 2.45) is 0 Å². The maximum atomic E-state index is 11.3.